The number of aromatic nitrogens is 2. The summed E-state index contributed by atoms with van der Waals surface area (Å²) in [6, 6.07) is 14.6. The lowest BCUT2D eigenvalue weighted by Crippen LogP contribution is -2.12. The van der Waals surface area contributed by atoms with Gasteiger partial charge in [-0.2, -0.15) is 5.10 Å². The molecule has 1 aromatic heterocycles. The first-order valence-corrected chi connectivity index (χ1v) is 7.05. The number of carboxylic acids is 1. The average Bonchev–Trinajstić information content (AvgIpc) is 2.85. The van der Waals surface area contributed by atoms with Crippen LogP contribution in [0.1, 0.15) is 17.4 Å². The molecule has 3 aromatic rings. The van der Waals surface area contributed by atoms with Crippen molar-refractivity contribution < 1.29 is 15.0 Å². The molecule has 0 radical (unpaired) electrons. The maximum absolute atomic E-state index is 11.0. The molecule has 0 fully saturated rings. The lowest BCUT2D eigenvalue weighted by Gasteiger charge is -2.04. The molecule has 0 bridgehead atoms. The molecule has 0 saturated carbocycles. The van der Waals surface area contributed by atoms with Crippen LogP contribution in [-0.2, 0) is 11.3 Å². The van der Waals surface area contributed by atoms with Crippen LogP contribution in [0.2, 0.25) is 5.02 Å². The summed E-state index contributed by atoms with van der Waals surface area (Å²) in [5.74, 6) is -1.32. The second kappa shape index (κ2) is 5.79. The van der Waals surface area contributed by atoms with Gasteiger partial charge >= 0.3 is 5.97 Å². The first-order valence-electron chi connectivity index (χ1n) is 6.67. The fourth-order valence-corrected chi connectivity index (χ4v) is 2.61. The van der Waals surface area contributed by atoms with Crippen LogP contribution < -0.4 is 0 Å². The Hall–Kier alpha value is -2.37. The summed E-state index contributed by atoms with van der Waals surface area (Å²) in [6.07, 6.45) is -1.65. The predicted molar refractivity (Wildman–Crippen MR) is 82.9 cm³/mol. The normalized spacial score (nSPS) is 12.5. The molecular formula is C16H13ClN2O3. The van der Waals surface area contributed by atoms with E-state index in [0.29, 0.717) is 17.0 Å². The number of nitrogens with zero attached hydrogens (tertiary/aromatic N) is 2. The molecule has 3 rings (SSSR count). The summed E-state index contributed by atoms with van der Waals surface area (Å²) in [4.78, 5) is 11.0. The quantitative estimate of drug-likeness (QED) is 0.776. The minimum Gasteiger partial charge on any atom is -0.479 e. The molecule has 5 nitrogen and oxygen atoms in total. The van der Waals surface area contributed by atoms with Crippen LogP contribution in [0, 0.1) is 0 Å². The van der Waals surface area contributed by atoms with Gasteiger partial charge in [-0.25, -0.2) is 4.79 Å². The summed E-state index contributed by atoms with van der Waals surface area (Å²) in [5.41, 5.74) is 1.85. The molecule has 0 aliphatic carbocycles. The highest BCUT2D eigenvalue weighted by atomic mass is 35.5. The maximum Gasteiger partial charge on any atom is 0.338 e. The van der Waals surface area contributed by atoms with E-state index in [0.717, 1.165) is 11.1 Å². The first-order chi connectivity index (χ1) is 10.6. The molecule has 1 atom stereocenters. The van der Waals surface area contributed by atoms with Crippen molar-refractivity contribution in [2.45, 2.75) is 12.6 Å². The summed E-state index contributed by atoms with van der Waals surface area (Å²) in [7, 11) is 0. The fourth-order valence-electron chi connectivity index (χ4n) is 2.40. The zero-order valence-electron chi connectivity index (χ0n) is 11.5. The Labute approximate surface area is 131 Å². The van der Waals surface area contributed by atoms with Crippen LogP contribution in [0.4, 0.5) is 0 Å². The summed E-state index contributed by atoms with van der Waals surface area (Å²) in [5, 5.41) is 24.4. The van der Waals surface area contributed by atoms with Crippen molar-refractivity contribution in [1.82, 2.24) is 9.78 Å². The Bertz CT molecular complexity index is 844. The average molecular weight is 317 g/mol. The van der Waals surface area contributed by atoms with Gasteiger partial charge in [0, 0.05) is 10.4 Å². The minimum atomic E-state index is -1.65. The van der Waals surface area contributed by atoms with E-state index in [1.807, 2.05) is 30.3 Å². The molecule has 1 heterocycles. The van der Waals surface area contributed by atoms with E-state index >= 15 is 0 Å². The van der Waals surface area contributed by atoms with Crippen LogP contribution in [0.5, 0.6) is 0 Å². The van der Waals surface area contributed by atoms with Gasteiger partial charge in [-0.15, -0.1) is 0 Å². The number of hydrogen-bond acceptors (Lipinski definition) is 3. The maximum atomic E-state index is 11.0. The van der Waals surface area contributed by atoms with E-state index in [9.17, 15) is 9.90 Å². The van der Waals surface area contributed by atoms with E-state index in [1.165, 1.54) is 0 Å². The highest BCUT2D eigenvalue weighted by molar-refractivity contribution is 6.30. The molecule has 0 amide bonds. The van der Waals surface area contributed by atoms with Gasteiger partial charge in [-0.1, -0.05) is 41.9 Å². The Morgan fingerprint density at radius 3 is 2.73 bits per heavy atom. The second-order valence-electron chi connectivity index (χ2n) is 4.93. The molecule has 2 aromatic carbocycles. The zero-order valence-corrected chi connectivity index (χ0v) is 12.2. The number of carbonyl (C=O) groups is 1. The fraction of sp³-hybridized carbons (Fsp3) is 0.125. The number of carboxylic acid groups (broad SMARTS) is 1. The SMILES string of the molecule is O=C(O)C(O)c1nn(Cc2cccc(Cl)c2)c2ccccc12. The number of benzene rings is 2. The van der Waals surface area contributed by atoms with Gasteiger partial charge in [-0.3, -0.25) is 4.68 Å². The second-order valence-corrected chi connectivity index (χ2v) is 5.37. The van der Waals surface area contributed by atoms with Crippen molar-refractivity contribution in [3.05, 3.63) is 64.8 Å². The number of hydrogen-bond donors (Lipinski definition) is 2. The Kier molecular flexibility index (Phi) is 3.83. The summed E-state index contributed by atoms with van der Waals surface area (Å²) >= 11 is 5.98. The number of fused-ring (bicyclic) bond motifs is 1. The van der Waals surface area contributed by atoms with Gasteiger partial charge in [0.1, 0.15) is 5.69 Å². The van der Waals surface area contributed by atoms with E-state index in [2.05, 4.69) is 5.10 Å². The van der Waals surface area contributed by atoms with Crippen molar-refractivity contribution in [2.24, 2.45) is 0 Å². The number of rotatable bonds is 4. The third kappa shape index (κ3) is 2.68. The van der Waals surface area contributed by atoms with Crippen molar-refractivity contribution >= 4 is 28.5 Å². The number of aliphatic hydroxyl groups is 1. The van der Waals surface area contributed by atoms with Crippen molar-refractivity contribution in [3.8, 4) is 0 Å². The Balaban J connectivity index is 2.08. The van der Waals surface area contributed by atoms with Gasteiger partial charge in [0.15, 0.2) is 6.10 Å². The van der Waals surface area contributed by atoms with Crippen LogP contribution >= 0.6 is 11.6 Å². The van der Waals surface area contributed by atoms with E-state index in [4.69, 9.17) is 16.7 Å². The van der Waals surface area contributed by atoms with Crippen molar-refractivity contribution in [2.75, 3.05) is 0 Å². The van der Waals surface area contributed by atoms with Crippen LogP contribution in [0.15, 0.2) is 48.5 Å². The number of aliphatic hydroxyl groups excluding tert-OH is 1. The minimum absolute atomic E-state index is 0.144. The molecule has 6 heteroatoms. The Morgan fingerprint density at radius 2 is 2.00 bits per heavy atom. The van der Waals surface area contributed by atoms with E-state index in [-0.39, 0.29) is 5.69 Å². The van der Waals surface area contributed by atoms with Gasteiger partial charge in [-0.05, 0) is 23.8 Å². The highest BCUT2D eigenvalue weighted by Crippen LogP contribution is 2.25. The van der Waals surface area contributed by atoms with Crippen molar-refractivity contribution in [3.63, 3.8) is 0 Å². The molecule has 0 spiro atoms. The molecule has 0 aliphatic rings. The first kappa shape index (κ1) is 14.6. The molecule has 1 unspecified atom stereocenters. The monoisotopic (exact) mass is 316 g/mol. The summed E-state index contributed by atoms with van der Waals surface area (Å²) in [6.45, 7) is 0.438. The number of aliphatic carboxylic acids is 1. The highest BCUT2D eigenvalue weighted by Gasteiger charge is 2.23. The smallest absolute Gasteiger partial charge is 0.338 e. The topological polar surface area (TPSA) is 75.3 Å². The van der Waals surface area contributed by atoms with Crippen LogP contribution in [-0.4, -0.2) is 26.0 Å². The van der Waals surface area contributed by atoms with Crippen molar-refractivity contribution in [1.29, 1.82) is 0 Å². The molecular weight excluding hydrogens is 304 g/mol. The third-order valence-electron chi connectivity index (χ3n) is 3.40. The van der Waals surface area contributed by atoms with Crippen LogP contribution in [0.3, 0.4) is 0 Å². The van der Waals surface area contributed by atoms with Gasteiger partial charge in [0.25, 0.3) is 0 Å². The van der Waals surface area contributed by atoms with Gasteiger partial charge in [0.2, 0.25) is 0 Å². The lowest BCUT2D eigenvalue weighted by molar-refractivity contribution is -0.147. The zero-order chi connectivity index (χ0) is 15.7. The molecule has 0 aliphatic heterocycles. The molecule has 112 valence electrons. The largest absolute Gasteiger partial charge is 0.479 e. The van der Waals surface area contributed by atoms with Gasteiger partial charge < -0.3 is 10.2 Å². The molecule has 0 saturated heterocycles. The van der Waals surface area contributed by atoms with E-state index in [1.54, 1.807) is 22.9 Å². The number of halogens is 1. The van der Waals surface area contributed by atoms with Crippen LogP contribution in [0.25, 0.3) is 10.9 Å². The third-order valence-corrected chi connectivity index (χ3v) is 3.64. The predicted octanol–water partition coefficient (Wildman–Crippen LogP) is 2.86. The number of para-hydroxylation sites is 1. The summed E-state index contributed by atoms with van der Waals surface area (Å²) < 4.78 is 1.67. The van der Waals surface area contributed by atoms with Gasteiger partial charge in [0.05, 0.1) is 12.1 Å². The molecule has 22 heavy (non-hydrogen) atoms. The standard InChI is InChI=1S/C16H13ClN2O3/c17-11-5-3-4-10(8-11)9-19-13-7-2-1-6-12(13)14(18-19)15(20)16(21)22/h1-8,15,20H,9H2,(H,21,22). The Morgan fingerprint density at radius 1 is 1.23 bits per heavy atom. The molecule has 2 N–H and O–H groups in total. The van der Waals surface area contributed by atoms with E-state index < -0.39 is 12.1 Å². The lowest BCUT2D eigenvalue weighted by atomic mass is 10.1.